The Labute approximate surface area is 347 Å². The van der Waals surface area contributed by atoms with Crippen LogP contribution in [0.2, 0.25) is 0 Å². The lowest BCUT2D eigenvalue weighted by Gasteiger charge is -2.25. The number of unbranched alkanes of at least 4 members (excludes halogenated alkanes) is 28. The molecule has 0 spiro atoms. The van der Waals surface area contributed by atoms with Crippen LogP contribution < -0.4 is 5.32 Å². The molecule has 1 amide bonds. The first-order chi connectivity index (χ1) is 27.0. The molecule has 0 aliphatic rings. The lowest BCUT2D eigenvalue weighted by atomic mass is 10.0. The fraction of sp³-hybridized carbons (Fsp3) is 0.894. The number of carbonyl (C=O) groups is 1. The Morgan fingerprint density at radius 3 is 1.43 bits per heavy atom. The van der Waals surface area contributed by atoms with Crippen molar-refractivity contribution in [2.24, 2.45) is 0 Å². The summed E-state index contributed by atoms with van der Waals surface area (Å²) in [5, 5.41) is 13.8. The van der Waals surface area contributed by atoms with Gasteiger partial charge >= 0.3 is 7.82 Å². The SMILES string of the molecule is CCCCCCCCCCCC/C=C/CC/C=C/[C@@H](O)[C@H](COP(=O)(O)OCC[N+](C)(C)C)NC(=O)CCCCCCCCCCCCCCCCCCCC. The number of carbonyl (C=O) groups excluding carboxylic acids is 1. The van der Waals surface area contributed by atoms with E-state index in [1.54, 1.807) is 6.08 Å². The van der Waals surface area contributed by atoms with Gasteiger partial charge in [-0.2, -0.15) is 0 Å². The maximum absolute atomic E-state index is 12.9. The zero-order valence-electron chi connectivity index (χ0n) is 37.6. The van der Waals surface area contributed by atoms with Gasteiger partial charge in [0, 0.05) is 6.42 Å². The van der Waals surface area contributed by atoms with Crippen molar-refractivity contribution >= 4 is 13.7 Å². The molecule has 0 aromatic rings. The molecule has 332 valence electrons. The maximum Gasteiger partial charge on any atom is 0.472 e. The molecule has 0 aliphatic carbocycles. The molecule has 56 heavy (non-hydrogen) atoms. The quantitative estimate of drug-likeness (QED) is 0.0245. The van der Waals surface area contributed by atoms with E-state index in [-0.39, 0.29) is 19.1 Å². The minimum Gasteiger partial charge on any atom is -0.387 e. The molecule has 0 aromatic carbocycles. The molecule has 8 nitrogen and oxygen atoms in total. The van der Waals surface area contributed by atoms with Crippen LogP contribution >= 0.6 is 7.82 Å². The summed E-state index contributed by atoms with van der Waals surface area (Å²) in [5.74, 6) is -0.184. The summed E-state index contributed by atoms with van der Waals surface area (Å²) in [6.07, 6.45) is 46.8. The van der Waals surface area contributed by atoms with E-state index >= 15 is 0 Å². The minimum atomic E-state index is -4.34. The summed E-state index contributed by atoms with van der Waals surface area (Å²) in [7, 11) is 1.56. The Bertz CT molecular complexity index is 969. The Morgan fingerprint density at radius 1 is 0.589 bits per heavy atom. The number of aliphatic hydroxyl groups excluding tert-OH is 1. The van der Waals surface area contributed by atoms with Crippen LogP contribution in [0.25, 0.3) is 0 Å². The third-order valence-corrected chi connectivity index (χ3v) is 11.7. The van der Waals surface area contributed by atoms with Gasteiger partial charge in [0.25, 0.3) is 0 Å². The van der Waals surface area contributed by atoms with Crippen molar-refractivity contribution in [1.82, 2.24) is 5.32 Å². The van der Waals surface area contributed by atoms with E-state index in [4.69, 9.17) is 9.05 Å². The topological polar surface area (TPSA) is 105 Å². The molecular weight excluding hydrogens is 719 g/mol. The van der Waals surface area contributed by atoms with Gasteiger partial charge in [-0.1, -0.05) is 205 Å². The number of rotatable bonds is 43. The van der Waals surface area contributed by atoms with Crippen LogP contribution in [-0.2, 0) is 18.4 Å². The predicted octanol–water partition coefficient (Wildman–Crippen LogP) is 13.3. The molecular formula is C47H94N2O6P+. The van der Waals surface area contributed by atoms with Crippen LogP contribution in [0.1, 0.15) is 219 Å². The van der Waals surface area contributed by atoms with Crippen molar-refractivity contribution in [3.8, 4) is 0 Å². The second-order valence-electron chi connectivity index (χ2n) is 17.5. The molecule has 1 unspecified atom stereocenters. The number of phosphoric acid groups is 1. The van der Waals surface area contributed by atoms with Crippen molar-refractivity contribution in [2.45, 2.75) is 231 Å². The van der Waals surface area contributed by atoms with Crippen LogP contribution in [0, 0.1) is 0 Å². The predicted molar refractivity (Wildman–Crippen MR) is 240 cm³/mol. The van der Waals surface area contributed by atoms with Gasteiger partial charge in [-0.25, -0.2) is 4.57 Å². The van der Waals surface area contributed by atoms with E-state index in [9.17, 15) is 19.4 Å². The lowest BCUT2D eigenvalue weighted by molar-refractivity contribution is -0.870. The molecule has 0 saturated carbocycles. The summed E-state index contributed by atoms with van der Waals surface area (Å²) >= 11 is 0. The second-order valence-corrected chi connectivity index (χ2v) is 18.9. The van der Waals surface area contributed by atoms with E-state index in [2.05, 4.69) is 31.3 Å². The number of hydrogen-bond donors (Lipinski definition) is 3. The van der Waals surface area contributed by atoms with Gasteiger partial charge in [0.1, 0.15) is 13.2 Å². The molecule has 0 radical (unpaired) electrons. The third-order valence-electron chi connectivity index (χ3n) is 10.7. The Hall–Kier alpha value is -1.02. The molecule has 9 heteroatoms. The first-order valence-electron chi connectivity index (χ1n) is 23.7. The van der Waals surface area contributed by atoms with Gasteiger partial charge < -0.3 is 19.8 Å². The zero-order chi connectivity index (χ0) is 41.4. The standard InChI is InChI=1S/C47H93N2O6P/c1-6-8-10-12-14-16-18-20-22-24-25-27-29-31-33-35-37-39-41-47(51)48-45(44-55-56(52,53)54-43-42-49(3,4)5)46(50)40-38-36-34-32-30-28-26-23-21-19-17-15-13-11-9-7-2/h30,32,38,40,45-46,50H,6-29,31,33-37,39,41-44H2,1-5H3,(H-,48,51,52,53)/p+1/b32-30+,40-38+/t45-,46+/m0/s1. The number of nitrogens with one attached hydrogen (secondary N) is 1. The summed E-state index contributed by atoms with van der Waals surface area (Å²) in [6, 6.07) is -0.858. The van der Waals surface area contributed by atoms with Gasteiger partial charge in [0.15, 0.2) is 0 Å². The average Bonchev–Trinajstić information content (AvgIpc) is 3.15. The summed E-state index contributed by atoms with van der Waals surface area (Å²) in [5.41, 5.74) is 0. The Morgan fingerprint density at radius 2 is 0.982 bits per heavy atom. The van der Waals surface area contributed by atoms with E-state index < -0.39 is 20.0 Å². The van der Waals surface area contributed by atoms with Crippen LogP contribution in [-0.4, -0.2) is 73.4 Å². The number of nitrogens with zero attached hydrogens (tertiary/aromatic N) is 1. The number of quaternary nitrogens is 1. The van der Waals surface area contributed by atoms with Crippen LogP contribution in [0.15, 0.2) is 24.3 Å². The number of likely N-dealkylation sites (N-methyl/N-ethyl adjacent to an activating group) is 1. The van der Waals surface area contributed by atoms with Crippen molar-refractivity contribution in [3.05, 3.63) is 24.3 Å². The molecule has 3 atom stereocenters. The normalized spacial score (nSPS) is 14.5. The van der Waals surface area contributed by atoms with Gasteiger partial charge in [-0.05, 0) is 32.1 Å². The lowest BCUT2D eigenvalue weighted by Crippen LogP contribution is -2.45. The summed E-state index contributed by atoms with van der Waals surface area (Å²) in [4.78, 5) is 23.1. The summed E-state index contributed by atoms with van der Waals surface area (Å²) < 4.78 is 23.6. The van der Waals surface area contributed by atoms with Crippen molar-refractivity contribution in [2.75, 3.05) is 40.9 Å². The second kappa shape index (κ2) is 39.4. The van der Waals surface area contributed by atoms with Crippen molar-refractivity contribution in [3.63, 3.8) is 0 Å². The highest BCUT2D eigenvalue weighted by molar-refractivity contribution is 7.47. The highest BCUT2D eigenvalue weighted by Gasteiger charge is 2.27. The molecule has 0 saturated heterocycles. The fourth-order valence-electron chi connectivity index (χ4n) is 6.88. The first kappa shape index (κ1) is 55.0. The first-order valence-corrected chi connectivity index (χ1v) is 25.2. The number of allylic oxidation sites excluding steroid dienone is 3. The van der Waals surface area contributed by atoms with E-state index in [1.807, 2.05) is 27.2 Å². The van der Waals surface area contributed by atoms with E-state index in [0.29, 0.717) is 17.4 Å². The number of hydrogen-bond acceptors (Lipinski definition) is 5. The maximum atomic E-state index is 12.9. The largest absolute Gasteiger partial charge is 0.472 e. The van der Waals surface area contributed by atoms with Gasteiger partial charge in [0.2, 0.25) is 5.91 Å². The van der Waals surface area contributed by atoms with Crippen molar-refractivity contribution in [1.29, 1.82) is 0 Å². The molecule has 0 aliphatic heterocycles. The smallest absolute Gasteiger partial charge is 0.387 e. The number of amides is 1. The molecule has 0 heterocycles. The van der Waals surface area contributed by atoms with Gasteiger partial charge in [-0.15, -0.1) is 0 Å². The molecule has 0 rings (SSSR count). The summed E-state index contributed by atoms with van der Waals surface area (Å²) in [6.45, 7) is 4.81. The van der Waals surface area contributed by atoms with Gasteiger partial charge in [0.05, 0.1) is 39.9 Å². The molecule has 3 N–H and O–H groups in total. The Kier molecular flexibility index (Phi) is 38.7. The third kappa shape index (κ3) is 41.2. The average molecular weight is 814 g/mol. The molecule has 0 aromatic heterocycles. The highest BCUT2D eigenvalue weighted by Crippen LogP contribution is 2.43. The monoisotopic (exact) mass is 814 g/mol. The zero-order valence-corrected chi connectivity index (χ0v) is 38.5. The van der Waals surface area contributed by atoms with Crippen molar-refractivity contribution < 1.29 is 32.9 Å². The van der Waals surface area contributed by atoms with Crippen LogP contribution in [0.3, 0.4) is 0 Å². The molecule has 0 bridgehead atoms. The minimum absolute atomic E-state index is 0.0584. The van der Waals surface area contributed by atoms with E-state index in [0.717, 1.165) is 38.5 Å². The van der Waals surface area contributed by atoms with Gasteiger partial charge in [-0.3, -0.25) is 13.8 Å². The Balaban J connectivity index is 4.39. The molecule has 0 fully saturated rings. The van der Waals surface area contributed by atoms with Crippen LogP contribution in [0.4, 0.5) is 0 Å². The highest BCUT2D eigenvalue weighted by atomic mass is 31.2. The van der Waals surface area contributed by atoms with E-state index in [1.165, 1.54) is 161 Å². The van der Waals surface area contributed by atoms with Crippen LogP contribution in [0.5, 0.6) is 0 Å². The number of phosphoric ester groups is 1. The fourth-order valence-corrected chi connectivity index (χ4v) is 7.62. The number of aliphatic hydroxyl groups is 1.